The van der Waals surface area contributed by atoms with Crippen LogP contribution in [0.4, 0.5) is 0 Å². The molecule has 1 aliphatic heterocycles. The van der Waals surface area contributed by atoms with Gasteiger partial charge in [-0.1, -0.05) is 6.42 Å². The summed E-state index contributed by atoms with van der Waals surface area (Å²) in [6.07, 6.45) is 5.38. The first-order chi connectivity index (χ1) is 7.73. The number of hydrogen-bond acceptors (Lipinski definition) is 3. The van der Waals surface area contributed by atoms with E-state index in [9.17, 15) is 9.90 Å². The summed E-state index contributed by atoms with van der Waals surface area (Å²) >= 11 is 0. The zero-order valence-corrected chi connectivity index (χ0v) is 9.61. The zero-order chi connectivity index (χ0) is 11.4. The second-order valence-electron chi connectivity index (χ2n) is 4.90. The number of carboxylic acid groups (broad SMARTS) is 1. The predicted octanol–water partition coefficient (Wildman–Crippen LogP) is 1.83. The van der Waals surface area contributed by atoms with Gasteiger partial charge in [0.2, 0.25) is 0 Å². The van der Waals surface area contributed by atoms with Gasteiger partial charge in [-0.15, -0.1) is 0 Å². The van der Waals surface area contributed by atoms with Crippen LogP contribution in [0.1, 0.15) is 38.5 Å². The Morgan fingerprint density at radius 3 is 2.69 bits per heavy atom. The third kappa shape index (κ3) is 2.55. The molecule has 0 bridgehead atoms. The number of carbonyl (C=O) groups is 1. The van der Waals surface area contributed by atoms with Crippen LogP contribution in [0.2, 0.25) is 0 Å². The highest BCUT2D eigenvalue weighted by atomic mass is 16.5. The Hall–Kier alpha value is -0.610. The molecule has 2 fully saturated rings. The Balaban J connectivity index is 1.88. The maximum absolute atomic E-state index is 11.3. The van der Waals surface area contributed by atoms with E-state index in [1.165, 1.54) is 0 Å². The van der Waals surface area contributed by atoms with Crippen LogP contribution in [0.5, 0.6) is 0 Å². The fourth-order valence-electron chi connectivity index (χ4n) is 2.53. The van der Waals surface area contributed by atoms with Gasteiger partial charge in [-0.3, -0.25) is 0 Å². The van der Waals surface area contributed by atoms with Crippen LogP contribution in [0.25, 0.3) is 0 Å². The fraction of sp³-hybridized carbons (Fsp3) is 0.917. The van der Waals surface area contributed by atoms with Crippen LogP contribution in [-0.2, 0) is 14.3 Å². The fourth-order valence-corrected chi connectivity index (χ4v) is 2.53. The van der Waals surface area contributed by atoms with Gasteiger partial charge < -0.3 is 14.6 Å². The van der Waals surface area contributed by atoms with E-state index in [-0.39, 0.29) is 0 Å². The Labute approximate surface area is 95.9 Å². The molecule has 1 N–H and O–H groups in total. The van der Waals surface area contributed by atoms with E-state index in [0.717, 1.165) is 38.9 Å². The molecule has 0 radical (unpaired) electrons. The van der Waals surface area contributed by atoms with E-state index in [1.54, 1.807) is 0 Å². The summed E-state index contributed by atoms with van der Waals surface area (Å²) in [6, 6.07) is 0. The highest BCUT2D eigenvalue weighted by Gasteiger charge is 2.41. The molecule has 2 aliphatic rings. The van der Waals surface area contributed by atoms with Crippen molar-refractivity contribution in [2.45, 2.75) is 44.1 Å². The molecule has 1 unspecified atom stereocenters. The van der Waals surface area contributed by atoms with Crippen LogP contribution < -0.4 is 0 Å². The third-order valence-electron chi connectivity index (χ3n) is 3.67. The quantitative estimate of drug-likeness (QED) is 0.797. The molecule has 1 atom stereocenters. The SMILES string of the molecule is O=C(O)C1(OCC2CCOC2)CCCCC1. The average Bonchev–Trinajstić information content (AvgIpc) is 2.80. The molecular formula is C12H20O4. The number of rotatable bonds is 4. The van der Waals surface area contributed by atoms with E-state index in [4.69, 9.17) is 9.47 Å². The monoisotopic (exact) mass is 228 g/mol. The minimum Gasteiger partial charge on any atom is -0.479 e. The minimum atomic E-state index is -0.902. The maximum atomic E-state index is 11.3. The maximum Gasteiger partial charge on any atom is 0.335 e. The van der Waals surface area contributed by atoms with Crippen LogP contribution in [0.3, 0.4) is 0 Å². The summed E-state index contributed by atoms with van der Waals surface area (Å²) in [6.45, 7) is 2.04. The summed E-state index contributed by atoms with van der Waals surface area (Å²) in [4.78, 5) is 11.3. The summed E-state index contributed by atoms with van der Waals surface area (Å²) in [5, 5.41) is 9.31. The predicted molar refractivity (Wildman–Crippen MR) is 58.3 cm³/mol. The number of ether oxygens (including phenoxy) is 2. The molecule has 2 rings (SSSR count). The average molecular weight is 228 g/mol. The number of aliphatic carboxylic acids is 1. The molecule has 16 heavy (non-hydrogen) atoms. The van der Waals surface area contributed by atoms with Crippen LogP contribution >= 0.6 is 0 Å². The van der Waals surface area contributed by atoms with Crippen LogP contribution in [0.15, 0.2) is 0 Å². The highest BCUT2D eigenvalue weighted by Crippen LogP contribution is 2.32. The first-order valence-electron chi connectivity index (χ1n) is 6.18. The summed E-state index contributed by atoms with van der Waals surface area (Å²) in [7, 11) is 0. The standard InChI is InChI=1S/C12H20O4/c13-11(14)12(5-2-1-3-6-12)16-9-10-4-7-15-8-10/h10H,1-9H2,(H,13,14). The molecule has 92 valence electrons. The van der Waals surface area contributed by atoms with Crippen molar-refractivity contribution in [1.29, 1.82) is 0 Å². The molecule has 1 aliphatic carbocycles. The number of hydrogen-bond donors (Lipinski definition) is 1. The van der Waals surface area contributed by atoms with Gasteiger partial charge in [-0.2, -0.15) is 0 Å². The first-order valence-corrected chi connectivity index (χ1v) is 6.18. The van der Waals surface area contributed by atoms with Crippen LogP contribution in [0, 0.1) is 5.92 Å². The lowest BCUT2D eigenvalue weighted by Crippen LogP contribution is -2.44. The van der Waals surface area contributed by atoms with Crippen molar-refractivity contribution in [2.75, 3.05) is 19.8 Å². The molecule has 0 amide bonds. The van der Waals surface area contributed by atoms with Crippen molar-refractivity contribution in [3.8, 4) is 0 Å². The lowest BCUT2D eigenvalue weighted by atomic mass is 9.84. The smallest absolute Gasteiger partial charge is 0.335 e. The van der Waals surface area contributed by atoms with Crippen molar-refractivity contribution in [3.63, 3.8) is 0 Å². The van der Waals surface area contributed by atoms with Gasteiger partial charge in [0.1, 0.15) is 0 Å². The second-order valence-corrected chi connectivity index (χ2v) is 4.90. The van der Waals surface area contributed by atoms with Gasteiger partial charge in [0.25, 0.3) is 0 Å². The van der Waals surface area contributed by atoms with Crippen molar-refractivity contribution in [3.05, 3.63) is 0 Å². The van der Waals surface area contributed by atoms with E-state index in [2.05, 4.69) is 0 Å². The first kappa shape index (κ1) is 11.9. The Kier molecular flexibility index (Phi) is 3.82. The van der Waals surface area contributed by atoms with Gasteiger partial charge in [0.15, 0.2) is 5.60 Å². The number of carboxylic acids is 1. The highest BCUT2D eigenvalue weighted by molar-refractivity contribution is 5.77. The van der Waals surface area contributed by atoms with Crippen molar-refractivity contribution in [2.24, 2.45) is 5.92 Å². The Morgan fingerprint density at radius 2 is 2.12 bits per heavy atom. The molecule has 1 saturated carbocycles. The molecule has 0 aromatic carbocycles. The zero-order valence-electron chi connectivity index (χ0n) is 9.61. The van der Waals surface area contributed by atoms with Gasteiger partial charge in [-0.25, -0.2) is 4.79 Å². The van der Waals surface area contributed by atoms with Crippen molar-refractivity contribution >= 4 is 5.97 Å². The lowest BCUT2D eigenvalue weighted by Gasteiger charge is -2.33. The van der Waals surface area contributed by atoms with Crippen molar-refractivity contribution < 1.29 is 19.4 Å². The second kappa shape index (κ2) is 5.15. The molecular weight excluding hydrogens is 208 g/mol. The molecule has 0 aromatic heterocycles. The normalized spacial score (nSPS) is 29.1. The van der Waals surface area contributed by atoms with Gasteiger partial charge in [0.05, 0.1) is 13.2 Å². The Bertz CT molecular complexity index is 239. The molecule has 4 heteroatoms. The molecule has 1 heterocycles. The summed E-state index contributed by atoms with van der Waals surface area (Å²) < 4.78 is 11.0. The van der Waals surface area contributed by atoms with Crippen molar-refractivity contribution in [1.82, 2.24) is 0 Å². The van der Waals surface area contributed by atoms with E-state index >= 15 is 0 Å². The topological polar surface area (TPSA) is 55.8 Å². The van der Waals surface area contributed by atoms with Gasteiger partial charge >= 0.3 is 5.97 Å². The van der Waals surface area contributed by atoms with Crippen LogP contribution in [-0.4, -0.2) is 36.5 Å². The van der Waals surface area contributed by atoms with Gasteiger partial charge in [0, 0.05) is 12.5 Å². The van der Waals surface area contributed by atoms with E-state index in [1.807, 2.05) is 0 Å². The molecule has 4 nitrogen and oxygen atoms in total. The van der Waals surface area contributed by atoms with E-state index in [0.29, 0.717) is 25.4 Å². The minimum absolute atomic E-state index is 0.387. The molecule has 1 saturated heterocycles. The summed E-state index contributed by atoms with van der Waals surface area (Å²) in [5.74, 6) is -0.399. The van der Waals surface area contributed by atoms with Gasteiger partial charge in [-0.05, 0) is 32.1 Å². The third-order valence-corrected chi connectivity index (χ3v) is 3.67. The lowest BCUT2D eigenvalue weighted by molar-refractivity contribution is -0.172. The Morgan fingerprint density at radius 1 is 1.38 bits per heavy atom. The van der Waals surface area contributed by atoms with E-state index < -0.39 is 11.6 Å². The molecule has 0 aromatic rings. The largest absolute Gasteiger partial charge is 0.479 e. The molecule has 0 spiro atoms. The summed E-state index contributed by atoms with van der Waals surface area (Å²) in [5.41, 5.74) is -0.902.